The minimum atomic E-state index is -0.542. The van der Waals surface area contributed by atoms with E-state index in [-0.39, 0.29) is 17.9 Å². The number of hydrogen-bond acceptors (Lipinski definition) is 3. The Morgan fingerprint density at radius 1 is 1.17 bits per heavy atom. The largest absolute Gasteiger partial charge is 0.497 e. The van der Waals surface area contributed by atoms with Gasteiger partial charge in [-0.05, 0) is 43.5 Å². The lowest BCUT2D eigenvalue weighted by Crippen LogP contribution is -2.48. The molecule has 2 amide bonds. The first kappa shape index (κ1) is 18.0. The van der Waals surface area contributed by atoms with Crippen LogP contribution in [0.1, 0.15) is 44.6 Å². The summed E-state index contributed by atoms with van der Waals surface area (Å²) in [4.78, 5) is 24.1. The van der Waals surface area contributed by atoms with Crippen LogP contribution in [-0.4, -0.2) is 31.0 Å². The van der Waals surface area contributed by atoms with Crippen molar-refractivity contribution in [2.75, 3.05) is 7.11 Å². The molecule has 2 N–H and O–H groups in total. The SMILES string of the molecule is COc1ccc(/C=C/C(=O)NC(C)C(=O)NC2CCCCC2)cc1. The number of rotatable bonds is 6. The summed E-state index contributed by atoms with van der Waals surface area (Å²) in [5, 5.41) is 5.72. The van der Waals surface area contributed by atoms with Crippen molar-refractivity contribution in [3.8, 4) is 5.75 Å². The number of ether oxygens (including phenoxy) is 1. The van der Waals surface area contributed by atoms with Gasteiger partial charge in [-0.2, -0.15) is 0 Å². The maximum Gasteiger partial charge on any atom is 0.244 e. The van der Waals surface area contributed by atoms with Crippen LogP contribution in [0.15, 0.2) is 30.3 Å². The van der Waals surface area contributed by atoms with Crippen molar-refractivity contribution in [2.45, 2.75) is 51.1 Å². The second-order valence-electron chi connectivity index (χ2n) is 6.18. The summed E-state index contributed by atoms with van der Waals surface area (Å²) in [5.41, 5.74) is 0.894. The van der Waals surface area contributed by atoms with Crippen LogP contribution in [0.4, 0.5) is 0 Å². The number of carbonyl (C=O) groups is 2. The minimum Gasteiger partial charge on any atom is -0.497 e. The van der Waals surface area contributed by atoms with Crippen LogP contribution in [0.3, 0.4) is 0 Å². The lowest BCUT2D eigenvalue weighted by Gasteiger charge is -2.24. The van der Waals surface area contributed by atoms with Gasteiger partial charge in [0.05, 0.1) is 7.11 Å². The number of hydrogen-bond donors (Lipinski definition) is 2. The highest BCUT2D eigenvalue weighted by atomic mass is 16.5. The minimum absolute atomic E-state index is 0.118. The van der Waals surface area contributed by atoms with Gasteiger partial charge in [0, 0.05) is 12.1 Å². The summed E-state index contributed by atoms with van der Waals surface area (Å²) < 4.78 is 5.09. The maximum absolute atomic E-state index is 12.1. The second kappa shape index (κ2) is 9.11. The number of nitrogens with one attached hydrogen (secondary N) is 2. The molecule has 130 valence electrons. The Morgan fingerprint density at radius 2 is 1.83 bits per heavy atom. The molecule has 1 fully saturated rings. The van der Waals surface area contributed by atoms with Crippen molar-refractivity contribution < 1.29 is 14.3 Å². The van der Waals surface area contributed by atoms with E-state index >= 15 is 0 Å². The highest BCUT2D eigenvalue weighted by Crippen LogP contribution is 2.17. The highest BCUT2D eigenvalue weighted by Gasteiger charge is 2.20. The van der Waals surface area contributed by atoms with Crippen LogP contribution in [-0.2, 0) is 9.59 Å². The monoisotopic (exact) mass is 330 g/mol. The van der Waals surface area contributed by atoms with Gasteiger partial charge < -0.3 is 15.4 Å². The van der Waals surface area contributed by atoms with Gasteiger partial charge in [-0.3, -0.25) is 9.59 Å². The first-order valence-corrected chi connectivity index (χ1v) is 8.51. The molecule has 0 aromatic heterocycles. The van der Waals surface area contributed by atoms with Gasteiger partial charge in [-0.25, -0.2) is 0 Å². The number of amides is 2. The molecule has 0 radical (unpaired) electrons. The molecule has 1 saturated carbocycles. The summed E-state index contributed by atoms with van der Waals surface area (Å²) >= 11 is 0. The van der Waals surface area contributed by atoms with E-state index in [1.807, 2.05) is 24.3 Å². The van der Waals surface area contributed by atoms with Crippen LogP contribution in [0.25, 0.3) is 6.08 Å². The Hall–Kier alpha value is -2.30. The molecule has 2 rings (SSSR count). The van der Waals surface area contributed by atoms with Crippen molar-refractivity contribution in [1.29, 1.82) is 0 Å². The molecule has 5 nitrogen and oxygen atoms in total. The average Bonchev–Trinajstić information content (AvgIpc) is 2.61. The van der Waals surface area contributed by atoms with Gasteiger partial charge in [0.15, 0.2) is 0 Å². The van der Waals surface area contributed by atoms with Gasteiger partial charge in [0.25, 0.3) is 0 Å². The molecular weight excluding hydrogens is 304 g/mol. The average molecular weight is 330 g/mol. The fraction of sp³-hybridized carbons (Fsp3) is 0.474. The Morgan fingerprint density at radius 3 is 2.46 bits per heavy atom. The van der Waals surface area contributed by atoms with E-state index in [9.17, 15) is 9.59 Å². The Labute approximate surface area is 143 Å². The molecule has 1 aliphatic rings. The molecule has 1 atom stereocenters. The van der Waals surface area contributed by atoms with Crippen LogP contribution in [0, 0.1) is 0 Å². The van der Waals surface area contributed by atoms with Crippen LogP contribution in [0.2, 0.25) is 0 Å². The van der Waals surface area contributed by atoms with Crippen molar-refractivity contribution >= 4 is 17.9 Å². The summed E-state index contributed by atoms with van der Waals surface area (Å²) in [6, 6.07) is 7.10. The molecule has 5 heteroatoms. The molecular formula is C19H26N2O3. The third-order valence-corrected chi connectivity index (χ3v) is 4.25. The molecule has 24 heavy (non-hydrogen) atoms. The molecule has 0 heterocycles. The van der Waals surface area contributed by atoms with Gasteiger partial charge >= 0.3 is 0 Å². The van der Waals surface area contributed by atoms with Crippen LogP contribution >= 0.6 is 0 Å². The first-order chi connectivity index (χ1) is 11.6. The van der Waals surface area contributed by atoms with E-state index in [0.29, 0.717) is 0 Å². The predicted octanol–water partition coefficient (Wildman–Crippen LogP) is 2.66. The summed E-state index contributed by atoms with van der Waals surface area (Å²) in [5.74, 6) is 0.370. The molecule has 0 saturated heterocycles. The number of carbonyl (C=O) groups excluding carboxylic acids is 2. The second-order valence-corrected chi connectivity index (χ2v) is 6.18. The fourth-order valence-corrected chi connectivity index (χ4v) is 2.79. The van der Waals surface area contributed by atoms with E-state index in [1.165, 1.54) is 12.5 Å². The highest BCUT2D eigenvalue weighted by molar-refractivity contribution is 5.95. The molecule has 0 aliphatic heterocycles. The third kappa shape index (κ3) is 5.72. The summed E-state index contributed by atoms with van der Waals surface area (Å²) in [6.07, 6.45) is 8.78. The quantitative estimate of drug-likeness (QED) is 0.788. The molecule has 1 aromatic rings. The number of methoxy groups -OCH3 is 1. The summed E-state index contributed by atoms with van der Waals surface area (Å²) in [7, 11) is 1.61. The van der Waals surface area contributed by atoms with Crippen molar-refractivity contribution in [1.82, 2.24) is 10.6 Å². The van der Waals surface area contributed by atoms with E-state index in [4.69, 9.17) is 4.74 Å². The first-order valence-electron chi connectivity index (χ1n) is 8.51. The standard InChI is InChI=1S/C19H26N2O3/c1-14(19(23)21-16-6-4-3-5-7-16)20-18(22)13-10-15-8-11-17(24-2)12-9-15/h8-14,16H,3-7H2,1-2H3,(H,20,22)(H,21,23)/b13-10+. The molecule has 1 aromatic carbocycles. The molecule has 0 bridgehead atoms. The van der Waals surface area contributed by atoms with Gasteiger partial charge in [0.1, 0.15) is 11.8 Å². The van der Waals surface area contributed by atoms with Gasteiger partial charge in [0.2, 0.25) is 11.8 Å². The van der Waals surface area contributed by atoms with Crippen LogP contribution < -0.4 is 15.4 Å². The topological polar surface area (TPSA) is 67.4 Å². The van der Waals surface area contributed by atoms with E-state index in [2.05, 4.69) is 10.6 Å². The Balaban J connectivity index is 1.79. The summed E-state index contributed by atoms with van der Waals surface area (Å²) in [6.45, 7) is 1.71. The van der Waals surface area contributed by atoms with E-state index in [1.54, 1.807) is 20.1 Å². The Kier molecular flexibility index (Phi) is 6.85. The molecule has 1 unspecified atom stereocenters. The normalized spacial score (nSPS) is 16.6. The number of benzene rings is 1. The fourth-order valence-electron chi connectivity index (χ4n) is 2.79. The van der Waals surface area contributed by atoms with E-state index in [0.717, 1.165) is 37.0 Å². The molecule has 1 aliphatic carbocycles. The molecule has 0 spiro atoms. The third-order valence-electron chi connectivity index (χ3n) is 4.25. The van der Waals surface area contributed by atoms with Crippen molar-refractivity contribution in [3.05, 3.63) is 35.9 Å². The van der Waals surface area contributed by atoms with Crippen LogP contribution in [0.5, 0.6) is 5.75 Å². The zero-order chi connectivity index (χ0) is 17.4. The maximum atomic E-state index is 12.1. The smallest absolute Gasteiger partial charge is 0.244 e. The van der Waals surface area contributed by atoms with Crippen molar-refractivity contribution in [2.24, 2.45) is 0 Å². The van der Waals surface area contributed by atoms with Crippen molar-refractivity contribution in [3.63, 3.8) is 0 Å². The van der Waals surface area contributed by atoms with Gasteiger partial charge in [-0.15, -0.1) is 0 Å². The lowest BCUT2D eigenvalue weighted by molar-refractivity contribution is -0.127. The van der Waals surface area contributed by atoms with E-state index < -0.39 is 6.04 Å². The zero-order valence-corrected chi connectivity index (χ0v) is 14.4. The lowest BCUT2D eigenvalue weighted by atomic mass is 9.95. The van der Waals surface area contributed by atoms with Gasteiger partial charge in [-0.1, -0.05) is 31.4 Å². The Bertz CT molecular complexity index is 575. The zero-order valence-electron chi connectivity index (χ0n) is 14.4. The predicted molar refractivity (Wildman–Crippen MR) is 94.6 cm³/mol.